The topological polar surface area (TPSA) is 37.3 Å². The number of allylic oxidation sites excluding steroid dienone is 1. The Hall–Kier alpha value is -0.630. The Kier molecular flexibility index (Phi) is 3.12. The van der Waals surface area contributed by atoms with Crippen molar-refractivity contribution < 1.29 is 9.90 Å². The Morgan fingerprint density at radius 1 is 1.19 bits per heavy atom. The molecule has 0 heterocycles. The van der Waals surface area contributed by atoms with E-state index in [0.717, 1.165) is 32.1 Å². The molecule has 4 aliphatic rings. The van der Waals surface area contributed by atoms with Crippen molar-refractivity contribution in [2.45, 2.75) is 64.7 Å². The fourth-order valence-corrected chi connectivity index (χ4v) is 6.54. The van der Waals surface area contributed by atoms with Crippen LogP contribution in [0.1, 0.15) is 64.7 Å². The second-order valence-corrected chi connectivity index (χ2v) is 8.28. The summed E-state index contributed by atoms with van der Waals surface area (Å²) < 4.78 is 0. The number of rotatable bonds is 1. The van der Waals surface area contributed by atoms with Crippen LogP contribution in [0.25, 0.3) is 0 Å². The van der Waals surface area contributed by atoms with Gasteiger partial charge in [0.15, 0.2) is 0 Å². The molecule has 0 aromatic heterocycles. The van der Waals surface area contributed by atoms with Gasteiger partial charge in [0.05, 0.1) is 6.61 Å². The third-order valence-corrected chi connectivity index (χ3v) is 7.73. The number of hydrogen-bond acceptors (Lipinski definition) is 2. The van der Waals surface area contributed by atoms with E-state index in [1.807, 2.05) is 0 Å². The van der Waals surface area contributed by atoms with E-state index in [9.17, 15) is 9.90 Å². The normalized spacial score (nSPS) is 49.1. The molecule has 2 nitrogen and oxygen atoms in total. The molecule has 3 fully saturated rings. The summed E-state index contributed by atoms with van der Waals surface area (Å²) in [5.74, 6) is 2.37. The molecule has 0 aromatic carbocycles. The number of aliphatic hydroxyl groups is 1. The summed E-state index contributed by atoms with van der Waals surface area (Å²) in [7, 11) is 0. The monoisotopic (exact) mass is 288 g/mol. The van der Waals surface area contributed by atoms with Crippen molar-refractivity contribution in [1.82, 2.24) is 0 Å². The van der Waals surface area contributed by atoms with Crippen LogP contribution in [0.3, 0.4) is 0 Å². The summed E-state index contributed by atoms with van der Waals surface area (Å²) in [6.07, 6.45) is 12.7. The van der Waals surface area contributed by atoms with E-state index in [4.69, 9.17) is 0 Å². The minimum Gasteiger partial charge on any atom is -0.395 e. The molecule has 1 N–H and O–H groups in total. The number of hydrogen-bond donors (Lipinski definition) is 1. The summed E-state index contributed by atoms with van der Waals surface area (Å²) in [6, 6.07) is 0. The number of fused-ring (bicyclic) bond motifs is 5. The van der Waals surface area contributed by atoms with E-state index in [0.29, 0.717) is 30.1 Å². The quantitative estimate of drug-likeness (QED) is 0.743. The number of carbonyl (C=O) groups excluding carboxylic acids is 1. The fourth-order valence-electron chi connectivity index (χ4n) is 6.54. The standard InChI is InChI=1S/C19H28O2/c1-18-11-9-16-14(15(18)7-8-17(18)21)6-5-13-4-2-3-10-19(13,16)12-20/h5,14-16,20H,2-4,6-12H2,1H3/t14-,15-,16+,18-,19+/m0/s1. The molecule has 0 bridgehead atoms. The third-order valence-electron chi connectivity index (χ3n) is 7.73. The molecule has 21 heavy (non-hydrogen) atoms. The van der Waals surface area contributed by atoms with Crippen LogP contribution in [0.2, 0.25) is 0 Å². The second kappa shape index (κ2) is 4.68. The van der Waals surface area contributed by atoms with E-state index in [2.05, 4.69) is 13.0 Å². The maximum absolute atomic E-state index is 12.4. The molecule has 4 aliphatic carbocycles. The lowest BCUT2D eigenvalue weighted by molar-refractivity contribution is -0.132. The maximum Gasteiger partial charge on any atom is 0.139 e. The minimum absolute atomic E-state index is 0.0438. The van der Waals surface area contributed by atoms with Gasteiger partial charge >= 0.3 is 0 Å². The van der Waals surface area contributed by atoms with Crippen LogP contribution < -0.4 is 0 Å². The summed E-state index contributed by atoms with van der Waals surface area (Å²) in [6.45, 7) is 2.56. The highest BCUT2D eigenvalue weighted by Crippen LogP contribution is 2.63. The second-order valence-electron chi connectivity index (χ2n) is 8.28. The lowest BCUT2D eigenvalue weighted by Crippen LogP contribution is -2.52. The number of Topliss-reactive ketones (excluding diaryl/α,β-unsaturated/α-hetero) is 1. The summed E-state index contributed by atoms with van der Waals surface area (Å²) in [5, 5.41) is 10.3. The smallest absolute Gasteiger partial charge is 0.139 e. The summed E-state index contributed by atoms with van der Waals surface area (Å²) >= 11 is 0. The predicted octanol–water partition coefficient (Wildman–Crippen LogP) is 3.88. The van der Waals surface area contributed by atoms with Crippen LogP contribution in [-0.4, -0.2) is 17.5 Å². The van der Waals surface area contributed by atoms with E-state index in [1.165, 1.54) is 25.7 Å². The van der Waals surface area contributed by atoms with Gasteiger partial charge in [-0.3, -0.25) is 4.79 Å². The van der Waals surface area contributed by atoms with Crippen molar-refractivity contribution in [2.24, 2.45) is 28.6 Å². The van der Waals surface area contributed by atoms with E-state index < -0.39 is 0 Å². The summed E-state index contributed by atoms with van der Waals surface area (Å²) in [4.78, 5) is 12.4. The zero-order valence-electron chi connectivity index (χ0n) is 13.2. The molecule has 0 saturated heterocycles. The van der Waals surface area contributed by atoms with Gasteiger partial charge in [0.2, 0.25) is 0 Å². The minimum atomic E-state index is -0.0438. The first-order valence-corrected chi connectivity index (χ1v) is 8.95. The molecule has 3 saturated carbocycles. The van der Waals surface area contributed by atoms with Crippen LogP contribution in [-0.2, 0) is 4.79 Å². The number of ketones is 1. The highest BCUT2D eigenvalue weighted by molar-refractivity contribution is 5.87. The van der Waals surface area contributed by atoms with E-state index >= 15 is 0 Å². The van der Waals surface area contributed by atoms with Crippen molar-refractivity contribution in [1.29, 1.82) is 0 Å². The van der Waals surface area contributed by atoms with Crippen LogP contribution in [0.15, 0.2) is 11.6 Å². The van der Waals surface area contributed by atoms with Crippen LogP contribution in [0.4, 0.5) is 0 Å². The zero-order valence-corrected chi connectivity index (χ0v) is 13.2. The molecular weight excluding hydrogens is 260 g/mol. The van der Waals surface area contributed by atoms with Gasteiger partial charge in [-0.15, -0.1) is 0 Å². The maximum atomic E-state index is 12.4. The van der Waals surface area contributed by atoms with Gasteiger partial charge in [-0.1, -0.05) is 25.0 Å². The SMILES string of the molecule is C[C@]12CC[C@@H]3[C@@H](CC=C4CCCC[C@@]43CO)[C@@H]1CCC2=O. The van der Waals surface area contributed by atoms with Crippen LogP contribution in [0, 0.1) is 28.6 Å². The highest BCUT2D eigenvalue weighted by atomic mass is 16.3. The molecule has 0 spiro atoms. The van der Waals surface area contributed by atoms with Crippen molar-refractivity contribution >= 4 is 5.78 Å². The first-order chi connectivity index (χ1) is 10.1. The number of aliphatic hydroxyl groups excluding tert-OH is 1. The van der Waals surface area contributed by atoms with Gasteiger partial charge in [-0.2, -0.15) is 0 Å². The molecule has 0 unspecified atom stereocenters. The van der Waals surface area contributed by atoms with Crippen molar-refractivity contribution in [3.05, 3.63) is 11.6 Å². The third kappa shape index (κ3) is 1.72. The first-order valence-electron chi connectivity index (χ1n) is 8.95. The first kappa shape index (κ1) is 14.0. The van der Waals surface area contributed by atoms with Crippen LogP contribution >= 0.6 is 0 Å². The zero-order chi connectivity index (χ0) is 14.7. The van der Waals surface area contributed by atoms with Crippen molar-refractivity contribution in [2.75, 3.05) is 6.61 Å². The molecule has 0 amide bonds. The molecule has 0 radical (unpaired) electrons. The largest absolute Gasteiger partial charge is 0.395 e. The Morgan fingerprint density at radius 3 is 2.86 bits per heavy atom. The lowest BCUT2D eigenvalue weighted by Gasteiger charge is -2.57. The molecule has 2 heteroatoms. The van der Waals surface area contributed by atoms with Gasteiger partial charge in [-0.25, -0.2) is 0 Å². The van der Waals surface area contributed by atoms with Crippen molar-refractivity contribution in [3.8, 4) is 0 Å². The fraction of sp³-hybridized carbons (Fsp3) is 0.842. The molecule has 0 aliphatic heterocycles. The van der Waals surface area contributed by atoms with Crippen LogP contribution in [0.5, 0.6) is 0 Å². The molecule has 4 rings (SSSR count). The molecular formula is C19H28O2. The summed E-state index contributed by atoms with van der Waals surface area (Å²) in [5.41, 5.74) is 1.59. The van der Waals surface area contributed by atoms with Gasteiger partial charge in [-0.05, 0) is 62.7 Å². The van der Waals surface area contributed by atoms with Crippen molar-refractivity contribution in [3.63, 3.8) is 0 Å². The Morgan fingerprint density at radius 2 is 2.05 bits per heavy atom. The average molecular weight is 288 g/mol. The Bertz CT molecular complexity index is 494. The lowest BCUT2D eigenvalue weighted by atomic mass is 9.48. The van der Waals surface area contributed by atoms with Gasteiger partial charge < -0.3 is 5.11 Å². The molecule has 0 aromatic rings. The molecule has 5 atom stereocenters. The highest BCUT2D eigenvalue weighted by Gasteiger charge is 2.59. The van der Waals surface area contributed by atoms with Gasteiger partial charge in [0, 0.05) is 17.3 Å². The average Bonchev–Trinajstić information content (AvgIpc) is 2.82. The number of carbonyl (C=O) groups is 1. The van der Waals surface area contributed by atoms with Gasteiger partial charge in [0.25, 0.3) is 0 Å². The van der Waals surface area contributed by atoms with E-state index in [1.54, 1.807) is 5.57 Å². The Labute approximate surface area is 128 Å². The van der Waals surface area contributed by atoms with E-state index in [-0.39, 0.29) is 10.8 Å². The molecule has 116 valence electrons. The Balaban J connectivity index is 1.73. The van der Waals surface area contributed by atoms with Gasteiger partial charge in [0.1, 0.15) is 5.78 Å². The predicted molar refractivity (Wildman–Crippen MR) is 82.7 cm³/mol.